The van der Waals surface area contributed by atoms with Crippen LogP contribution in [0.1, 0.15) is 0 Å². The zero-order valence-corrected chi connectivity index (χ0v) is 9.09. The molecule has 1 rings (SSSR count). The minimum atomic E-state index is -2.00. The Hall–Kier alpha value is -0.100. The molecule has 5 heteroatoms. The Bertz CT molecular complexity index is 257. The SMILES string of the molecule is C=S(C)(=O)N1CC(N(C)CCO)C1. The molecule has 0 spiro atoms. The molecule has 1 saturated heterocycles. The summed E-state index contributed by atoms with van der Waals surface area (Å²) in [4.78, 5) is 2.08. The highest BCUT2D eigenvalue weighted by atomic mass is 32.2. The molecule has 1 N–H and O–H groups in total. The second-order valence-electron chi connectivity index (χ2n) is 3.66. The van der Waals surface area contributed by atoms with Crippen LogP contribution in [0.2, 0.25) is 0 Å². The number of likely N-dealkylation sites (N-methyl/N-ethyl adjacent to an activating group) is 1. The molecule has 0 aromatic carbocycles. The summed E-state index contributed by atoms with van der Waals surface area (Å²) >= 11 is 0. The predicted molar refractivity (Wildman–Crippen MR) is 56.3 cm³/mol. The molecule has 0 saturated carbocycles. The van der Waals surface area contributed by atoms with Crippen molar-refractivity contribution in [1.29, 1.82) is 0 Å². The van der Waals surface area contributed by atoms with Crippen molar-refractivity contribution in [3.8, 4) is 0 Å². The topological polar surface area (TPSA) is 43.8 Å². The maximum atomic E-state index is 11.4. The lowest BCUT2D eigenvalue weighted by Gasteiger charge is -2.44. The molecule has 1 aliphatic heterocycles. The normalized spacial score (nSPS) is 24.3. The van der Waals surface area contributed by atoms with Gasteiger partial charge in [0.1, 0.15) is 0 Å². The lowest BCUT2D eigenvalue weighted by atomic mass is 10.1. The van der Waals surface area contributed by atoms with E-state index in [4.69, 9.17) is 5.11 Å². The average Bonchev–Trinajstić information content (AvgIpc) is 1.79. The standard InChI is InChI=1S/C8H18N2O2S/c1-9(4-5-11)8-6-10(7-8)13(2,3)12/h8,11H,2,4-7H2,1,3H3. The van der Waals surface area contributed by atoms with Gasteiger partial charge in [0.2, 0.25) is 0 Å². The number of aliphatic hydroxyl groups is 1. The molecule has 0 aliphatic carbocycles. The Kier molecular flexibility index (Phi) is 3.34. The Labute approximate surface area is 80.3 Å². The molecular formula is C8H18N2O2S. The van der Waals surface area contributed by atoms with Crippen LogP contribution >= 0.6 is 0 Å². The van der Waals surface area contributed by atoms with E-state index < -0.39 is 9.71 Å². The van der Waals surface area contributed by atoms with Gasteiger partial charge in [-0.15, -0.1) is 0 Å². The minimum absolute atomic E-state index is 0.179. The predicted octanol–water partition coefficient (Wildman–Crippen LogP) is -1.14. The van der Waals surface area contributed by atoms with Gasteiger partial charge in [0, 0.05) is 41.6 Å². The van der Waals surface area contributed by atoms with Gasteiger partial charge in [0.05, 0.1) is 6.61 Å². The van der Waals surface area contributed by atoms with Gasteiger partial charge in [0.15, 0.2) is 0 Å². The van der Waals surface area contributed by atoms with E-state index in [1.54, 1.807) is 6.26 Å². The van der Waals surface area contributed by atoms with Crippen LogP contribution in [0.3, 0.4) is 0 Å². The summed E-state index contributed by atoms with van der Waals surface area (Å²) in [5.41, 5.74) is 0. The van der Waals surface area contributed by atoms with Crippen LogP contribution in [0, 0.1) is 0 Å². The molecule has 0 amide bonds. The molecule has 1 fully saturated rings. The second kappa shape index (κ2) is 3.96. The molecule has 1 aliphatic rings. The van der Waals surface area contributed by atoms with Crippen molar-refractivity contribution in [2.45, 2.75) is 6.04 Å². The maximum absolute atomic E-state index is 11.4. The highest BCUT2D eigenvalue weighted by Gasteiger charge is 2.32. The Morgan fingerprint density at radius 2 is 2.23 bits per heavy atom. The largest absolute Gasteiger partial charge is 0.395 e. The van der Waals surface area contributed by atoms with E-state index in [2.05, 4.69) is 10.8 Å². The first-order chi connectivity index (χ1) is 5.95. The molecule has 0 aromatic rings. The smallest absolute Gasteiger partial charge is 0.0558 e. The molecule has 0 aromatic heterocycles. The lowest BCUT2D eigenvalue weighted by molar-refractivity contribution is 0.0966. The number of hydrogen-bond donors (Lipinski definition) is 1. The molecule has 4 nitrogen and oxygen atoms in total. The third-order valence-electron chi connectivity index (χ3n) is 2.45. The van der Waals surface area contributed by atoms with Gasteiger partial charge in [-0.05, 0) is 12.9 Å². The summed E-state index contributed by atoms with van der Waals surface area (Å²) in [5.74, 6) is 3.62. The van der Waals surface area contributed by atoms with E-state index in [-0.39, 0.29) is 6.61 Å². The van der Waals surface area contributed by atoms with Crippen LogP contribution in [0.4, 0.5) is 0 Å². The first-order valence-electron chi connectivity index (χ1n) is 4.33. The van der Waals surface area contributed by atoms with Crippen molar-refractivity contribution in [2.75, 3.05) is 39.5 Å². The Morgan fingerprint density at radius 1 is 1.69 bits per heavy atom. The zero-order chi connectivity index (χ0) is 10.1. The van der Waals surface area contributed by atoms with Crippen LogP contribution in [0.25, 0.3) is 0 Å². The third-order valence-corrected chi connectivity index (χ3v) is 3.84. The summed E-state index contributed by atoms with van der Waals surface area (Å²) in [6, 6.07) is 0.426. The fourth-order valence-corrected chi connectivity index (χ4v) is 2.33. The van der Waals surface area contributed by atoms with Crippen LogP contribution in [-0.2, 0) is 9.71 Å². The average molecular weight is 206 g/mol. The summed E-state index contributed by atoms with van der Waals surface area (Å²) in [5, 5.41) is 8.71. The van der Waals surface area contributed by atoms with Gasteiger partial charge in [-0.2, -0.15) is 0 Å². The Morgan fingerprint density at radius 3 is 2.62 bits per heavy atom. The van der Waals surface area contributed by atoms with Gasteiger partial charge < -0.3 is 5.11 Å². The molecule has 1 heterocycles. The van der Waals surface area contributed by atoms with E-state index in [1.807, 2.05) is 11.4 Å². The number of nitrogens with zero attached hydrogens (tertiary/aromatic N) is 2. The highest BCUT2D eigenvalue weighted by Crippen LogP contribution is 2.16. The summed E-state index contributed by atoms with van der Waals surface area (Å²) < 4.78 is 13.3. The molecule has 0 radical (unpaired) electrons. The fourth-order valence-electron chi connectivity index (χ4n) is 1.35. The first-order valence-corrected chi connectivity index (χ1v) is 6.43. The summed E-state index contributed by atoms with van der Waals surface area (Å²) in [7, 11) is -0.0323. The minimum Gasteiger partial charge on any atom is -0.395 e. The highest BCUT2D eigenvalue weighted by molar-refractivity contribution is 7.97. The van der Waals surface area contributed by atoms with Crippen molar-refractivity contribution in [2.24, 2.45) is 0 Å². The fraction of sp³-hybridized carbons (Fsp3) is 0.875. The van der Waals surface area contributed by atoms with Crippen LogP contribution in [0.15, 0.2) is 0 Å². The molecule has 1 atom stereocenters. The van der Waals surface area contributed by atoms with Crippen molar-refractivity contribution in [3.63, 3.8) is 0 Å². The van der Waals surface area contributed by atoms with Gasteiger partial charge in [0.25, 0.3) is 0 Å². The third kappa shape index (κ3) is 2.67. The molecular weight excluding hydrogens is 188 g/mol. The number of rotatable bonds is 4. The van der Waals surface area contributed by atoms with Gasteiger partial charge in [-0.3, -0.25) is 9.11 Å². The van der Waals surface area contributed by atoms with E-state index in [1.165, 1.54) is 0 Å². The van der Waals surface area contributed by atoms with Crippen LogP contribution < -0.4 is 0 Å². The van der Waals surface area contributed by atoms with E-state index in [0.29, 0.717) is 12.6 Å². The van der Waals surface area contributed by atoms with Crippen LogP contribution in [-0.4, -0.2) is 70.0 Å². The molecule has 78 valence electrons. The summed E-state index contributed by atoms with van der Waals surface area (Å²) in [6.45, 7) is 2.46. The molecule has 1 unspecified atom stereocenters. The monoisotopic (exact) mass is 206 g/mol. The quantitative estimate of drug-likeness (QED) is 0.591. The second-order valence-corrected chi connectivity index (χ2v) is 6.10. The zero-order valence-electron chi connectivity index (χ0n) is 8.27. The van der Waals surface area contributed by atoms with Crippen molar-refractivity contribution in [3.05, 3.63) is 0 Å². The Balaban J connectivity index is 2.33. The molecule has 13 heavy (non-hydrogen) atoms. The first kappa shape index (κ1) is 11.0. The van der Waals surface area contributed by atoms with Gasteiger partial charge in [-0.1, -0.05) is 0 Å². The summed E-state index contributed by atoms with van der Waals surface area (Å²) in [6.07, 6.45) is 1.66. The van der Waals surface area contributed by atoms with E-state index in [0.717, 1.165) is 13.1 Å². The van der Waals surface area contributed by atoms with Gasteiger partial charge >= 0.3 is 0 Å². The lowest BCUT2D eigenvalue weighted by Crippen LogP contribution is -2.60. The van der Waals surface area contributed by atoms with Crippen molar-refractivity contribution < 1.29 is 9.32 Å². The van der Waals surface area contributed by atoms with Gasteiger partial charge in [-0.25, -0.2) is 4.31 Å². The van der Waals surface area contributed by atoms with Crippen molar-refractivity contribution in [1.82, 2.24) is 9.21 Å². The van der Waals surface area contributed by atoms with Crippen molar-refractivity contribution >= 4 is 15.6 Å². The maximum Gasteiger partial charge on any atom is 0.0558 e. The van der Waals surface area contributed by atoms with E-state index in [9.17, 15) is 4.21 Å². The number of hydrogen-bond acceptors (Lipinski definition) is 3. The van der Waals surface area contributed by atoms with Crippen LogP contribution in [0.5, 0.6) is 0 Å². The molecule has 0 bridgehead atoms. The van der Waals surface area contributed by atoms with E-state index >= 15 is 0 Å². The number of aliphatic hydroxyl groups excluding tert-OH is 1.